The Morgan fingerprint density at radius 3 is 2.59 bits per heavy atom. The van der Waals surface area contributed by atoms with Crippen LogP contribution in [0.15, 0.2) is 18.6 Å². The van der Waals surface area contributed by atoms with E-state index < -0.39 is 0 Å². The summed E-state index contributed by atoms with van der Waals surface area (Å²) in [4.78, 5) is 34.2. The summed E-state index contributed by atoms with van der Waals surface area (Å²) < 4.78 is 0. The Bertz CT molecular complexity index is 514. The summed E-state index contributed by atoms with van der Waals surface area (Å²) in [6.45, 7) is 6.56. The van der Waals surface area contributed by atoms with Gasteiger partial charge in [0.25, 0.3) is 5.91 Å². The Hall–Kier alpha value is -1.98. The molecule has 6 heteroatoms. The highest BCUT2D eigenvalue weighted by atomic mass is 16.2. The Balaban J connectivity index is 1.90. The predicted molar refractivity (Wildman–Crippen MR) is 83.2 cm³/mol. The van der Waals surface area contributed by atoms with Gasteiger partial charge in [-0.05, 0) is 25.7 Å². The summed E-state index contributed by atoms with van der Waals surface area (Å²) in [5, 5.41) is 2.97. The van der Waals surface area contributed by atoms with Crippen LogP contribution in [0.3, 0.4) is 0 Å². The Morgan fingerprint density at radius 2 is 2.05 bits per heavy atom. The van der Waals surface area contributed by atoms with Gasteiger partial charge in [-0.15, -0.1) is 0 Å². The van der Waals surface area contributed by atoms with Crippen molar-refractivity contribution in [3.05, 3.63) is 24.3 Å². The van der Waals surface area contributed by atoms with Gasteiger partial charge in [-0.1, -0.05) is 13.8 Å². The Labute approximate surface area is 131 Å². The van der Waals surface area contributed by atoms with Gasteiger partial charge in [0.1, 0.15) is 5.69 Å². The van der Waals surface area contributed by atoms with Crippen LogP contribution in [-0.4, -0.2) is 45.3 Å². The van der Waals surface area contributed by atoms with Gasteiger partial charge < -0.3 is 10.2 Å². The summed E-state index contributed by atoms with van der Waals surface area (Å²) in [6, 6.07) is 0.377. The van der Waals surface area contributed by atoms with Crippen molar-refractivity contribution < 1.29 is 9.59 Å². The molecule has 0 radical (unpaired) electrons. The minimum Gasteiger partial charge on any atom is -0.353 e. The fourth-order valence-corrected chi connectivity index (χ4v) is 2.11. The quantitative estimate of drug-likeness (QED) is 0.831. The minimum atomic E-state index is -0.139. The van der Waals surface area contributed by atoms with E-state index in [0.717, 1.165) is 12.8 Å². The van der Waals surface area contributed by atoms with Crippen molar-refractivity contribution in [1.29, 1.82) is 0 Å². The van der Waals surface area contributed by atoms with E-state index in [1.54, 1.807) is 11.1 Å². The van der Waals surface area contributed by atoms with Crippen molar-refractivity contribution in [1.82, 2.24) is 20.2 Å². The minimum absolute atomic E-state index is 0.0150. The van der Waals surface area contributed by atoms with Crippen LogP contribution in [0.25, 0.3) is 0 Å². The van der Waals surface area contributed by atoms with Gasteiger partial charge >= 0.3 is 0 Å². The zero-order valence-corrected chi connectivity index (χ0v) is 13.5. The standard InChI is InChI=1S/C16H24N4O2/c1-11(2)12(3)19-15(21)6-9-20(13-4-5-13)16(22)14-10-17-7-8-18-14/h7-8,10-13H,4-6,9H2,1-3H3,(H,19,21). The topological polar surface area (TPSA) is 75.2 Å². The van der Waals surface area contributed by atoms with Crippen molar-refractivity contribution in [2.24, 2.45) is 5.92 Å². The summed E-state index contributed by atoms with van der Waals surface area (Å²) in [7, 11) is 0. The van der Waals surface area contributed by atoms with E-state index in [1.807, 2.05) is 6.92 Å². The third-order valence-electron chi connectivity index (χ3n) is 4.00. The molecule has 1 fully saturated rings. The molecule has 0 spiro atoms. The molecule has 0 aliphatic heterocycles. The van der Waals surface area contributed by atoms with E-state index in [-0.39, 0.29) is 23.9 Å². The highest BCUT2D eigenvalue weighted by Gasteiger charge is 2.33. The van der Waals surface area contributed by atoms with Crippen LogP contribution in [0, 0.1) is 5.92 Å². The molecule has 1 aliphatic rings. The zero-order valence-electron chi connectivity index (χ0n) is 13.5. The molecule has 1 atom stereocenters. The number of carbonyl (C=O) groups is 2. The number of nitrogens with one attached hydrogen (secondary N) is 1. The van der Waals surface area contributed by atoms with Crippen LogP contribution < -0.4 is 5.32 Å². The van der Waals surface area contributed by atoms with Crippen LogP contribution in [0.2, 0.25) is 0 Å². The van der Waals surface area contributed by atoms with Crippen molar-refractivity contribution in [3.8, 4) is 0 Å². The molecule has 1 saturated carbocycles. The number of hydrogen-bond acceptors (Lipinski definition) is 4. The first kappa shape index (κ1) is 16.4. The molecular formula is C16H24N4O2. The van der Waals surface area contributed by atoms with E-state index >= 15 is 0 Å². The van der Waals surface area contributed by atoms with Crippen LogP contribution in [0.5, 0.6) is 0 Å². The average molecular weight is 304 g/mol. The number of hydrogen-bond donors (Lipinski definition) is 1. The molecule has 1 N–H and O–H groups in total. The lowest BCUT2D eigenvalue weighted by Gasteiger charge is -2.23. The van der Waals surface area contributed by atoms with Crippen LogP contribution >= 0.6 is 0 Å². The normalized spacial score (nSPS) is 15.5. The maximum Gasteiger partial charge on any atom is 0.274 e. The molecule has 22 heavy (non-hydrogen) atoms. The van der Waals surface area contributed by atoms with Crippen molar-refractivity contribution in [3.63, 3.8) is 0 Å². The third kappa shape index (κ3) is 4.51. The number of aromatic nitrogens is 2. The van der Waals surface area contributed by atoms with E-state index in [9.17, 15) is 9.59 Å². The maximum atomic E-state index is 12.5. The van der Waals surface area contributed by atoms with E-state index in [0.29, 0.717) is 24.6 Å². The molecule has 1 unspecified atom stereocenters. The maximum absolute atomic E-state index is 12.5. The molecule has 0 aromatic carbocycles. The van der Waals surface area contributed by atoms with Crippen molar-refractivity contribution in [2.45, 2.75) is 52.1 Å². The monoisotopic (exact) mass is 304 g/mol. The first-order valence-corrected chi connectivity index (χ1v) is 7.85. The summed E-state index contributed by atoms with van der Waals surface area (Å²) in [6.07, 6.45) is 6.83. The molecule has 120 valence electrons. The average Bonchev–Trinajstić information content (AvgIpc) is 3.32. The molecule has 0 bridgehead atoms. The molecule has 2 rings (SSSR count). The molecular weight excluding hydrogens is 280 g/mol. The predicted octanol–water partition coefficient (Wildman–Crippen LogP) is 1.63. The van der Waals surface area contributed by atoms with Gasteiger partial charge in [-0.2, -0.15) is 0 Å². The molecule has 1 aromatic heterocycles. The lowest BCUT2D eigenvalue weighted by molar-refractivity contribution is -0.122. The van der Waals surface area contributed by atoms with Gasteiger partial charge in [0.05, 0.1) is 6.20 Å². The van der Waals surface area contributed by atoms with E-state index in [2.05, 4.69) is 29.1 Å². The Kier molecular flexibility index (Phi) is 5.46. The van der Waals surface area contributed by atoms with Crippen molar-refractivity contribution in [2.75, 3.05) is 6.54 Å². The fourth-order valence-electron chi connectivity index (χ4n) is 2.11. The number of carbonyl (C=O) groups excluding carboxylic acids is 2. The molecule has 1 aromatic rings. The highest BCUT2D eigenvalue weighted by molar-refractivity contribution is 5.92. The fraction of sp³-hybridized carbons (Fsp3) is 0.625. The van der Waals surface area contributed by atoms with Gasteiger partial charge in [0.2, 0.25) is 5.91 Å². The summed E-state index contributed by atoms with van der Waals surface area (Å²) >= 11 is 0. The second-order valence-corrected chi connectivity index (χ2v) is 6.17. The van der Waals surface area contributed by atoms with Gasteiger partial charge in [-0.3, -0.25) is 14.6 Å². The largest absolute Gasteiger partial charge is 0.353 e. The lowest BCUT2D eigenvalue weighted by Crippen LogP contribution is -2.40. The van der Waals surface area contributed by atoms with Crippen molar-refractivity contribution >= 4 is 11.8 Å². The number of rotatable bonds is 7. The SMILES string of the molecule is CC(C)C(C)NC(=O)CCN(C(=O)c1cnccn1)C1CC1. The smallest absolute Gasteiger partial charge is 0.274 e. The lowest BCUT2D eigenvalue weighted by atomic mass is 10.1. The molecule has 1 heterocycles. The third-order valence-corrected chi connectivity index (χ3v) is 4.00. The second-order valence-electron chi connectivity index (χ2n) is 6.17. The number of amides is 2. The number of nitrogens with zero attached hydrogens (tertiary/aromatic N) is 3. The van der Waals surface area contributed by atoms with Crippen LogP contribution in [0.4, 0.5) is 0 Å². The highest BCUT2D eigenvalue weighted by Crippen LogP contribution is 2.28. The Morgan fingerprint density at radius 1 is 1.32 bits per heavy atom. The first-order chi connectivity index (χ1) is 10.5. The summed E-state index contributed by atoms with van der Waals surface area (Å²) in [5.74, 6) is 0.240. The molecule has 1 aliphatic carbocycles. The van der Waals surface area contributed by atoms with Gasteiger partial charge in [0, 0.05) is 37.4 Å². The van der Waals surface area contributed by atoms with E-state index in [1.165, 1.54) is 12.4 Å². The van der Waals surface area contributed by atoms with Crippen LogP contribution in [0.1, 0.15) is 50.5 Å². The first-order valence-electron chi connectivity index (χ1n) is 7.85. The van der Waals surface area contributed by atoms with Gasteiger partial charge in [-0.25, -0.2) is 4.98 Å². The second kappa shape index (κ2) is 7.33. The molecule has 0 saturated heterocycles. The van der Waals surface area contributed by atoms with Gasteiger partial charge in [0.15, 0.2) is 0 Å². The molecule has 2 amide bonds. The zero-order chi connectivity index (χ0) is 16.1. The van der Waals surface area contributed by atoms with E-state index in [4.69, 9.17) is 0 Å². The summed E-state index contributed by atoms with van der Waals surface area (Å²) in [5.41, 5.74) is 0.338. The van der Waals surface area contributed by atoms with Crippen LogP contribution in [-0.2, 0) is 4.79 Å². The molecule has 6 nitrogen and oxygen atoms in total.